The summed E-state index contributed by atoms with van der Waals surface area (Å²) in [7, 11) is 0. The summed E-state index contributed by atoms with van der Waals surface area (Å²) in [4.78, 5) is 0. The number of likely N-dealkylation sites (N-methyl/N-ethyl adjacent to an activating group) is 1. The van der Waals surface area contributed by atoms with Gasteiger partial charge in [0.2, 0.25) is 0 Å². The van der Waals surface area contributed by atoms with E-state index in [0.29, 0.717) is 6.04 Å². The maximum atomic E-state index is 4.99. The molecular formula is C17H31N3. The van der Waals surface area contributed by atoms with Crippen LogP contribution in [0.2, 0.25) is 0 Å². The second-order valence-electron chi connectivity index (χ2n) is 5.92. The molecule has 0 unspecified atom stereocenters. The summed E-state index contributed by atoms with van der Waals surface area (Å²) >= 11 is 0. The number of nitrogens with one attached hydrogen (secondary N) is 1. The highest BCUT2D eigenvalue weighted by atomic mass is 15.3. The fourth-order valence-electron chi connectivity index (χ4n) is 3.52. The fourth-order valence-corrected chi connectivity index (χ4v) is 3.52. The summed E-state index contributed by atoms with van der Waals surface area (Å²) in [5, 5.41) is 8.44. The van der Waals surface area contributed by atoms with E-state index >= 15 is 0 Å². The second-order valence-corrected chi connectivity index (χ2v) is 5.92. The van der Waals surface area contributed by atoms with Crippen molar-refractivity contribution in [3.63, 3.8) is 0 Å². The predicted molar refractivity (Wildman–Crippen MR) is 85.4 cm³/mol. The average Bonchev–Trinajstić information content (AvgIpc) is 2.86. The molecule has 1 heterocycles. The Bertz CT molecular complexity index is 403. The van der Waals surface area contributed by atoms with Crippen LogP contribution in [0.25, 0.3) is 0 Å². The molecule has 1 aromatic heterocycles. The number of aromatic nitrogens is 2. The van der Waals surface area contributed by atoms with Crippen LogP contribution in [-0.4, -0.2) is 22.9 Å². The van der Waals surface area contributed by atoms with Crippen molar-refractivity contribution < 1.29 is 0 Å². The monoisotopic (exact) mass is 277 g/mol. The Kier molecular flexibility index (Phi) is 6.08. The summed E-state index contributed by atoms with van der Waals surface area (Å²) in [6.45, 7) is 8.83. The van der Waals surface area contributed by atoms with Crippen molar-refractivity contribution in [1.82, 2.24) is 15.1 Å². The van der Waals surface area contributed by atoms with Gasteiger partial charge < -0.3 is 5.32 Å². The van der Waals surface area contributed by atoms with Gasteiger partial charge in [-0.1, -0.05) is 40.0 Å². The number of hydrogen-bond acceptors (Lipinski definition) is 2. The zero-order chi connectivity index (χ0) is 14.4. The van der Waals surface area contributed by atoms with Crippen molar-refractivity contribution in [3.8, 4) is 0 Å². The van der Waals surface area contributed by atoms with Crippen LogP contribution in [0.4, 0.5) is 0 Å². The first kappa shape index (κ1) is 15.6. The number of hydrogen-bond donors (Lipinski definition) is 1. The molecule has 0 aromatic carbocycles. The Morgan fingerprint density at radius 2 is 1.85 bits per heavy atom. The third-order valence-corrected chi connectivity index (χ3v) is 4.59. The molecule has 1 saturated carbocycles. The van der Waals surface area contributed by atoms with E-state index in [0.717, 1.165) is 32.4 Å². The molecule has 2 rings (SSSR count). The van der Waals surface area contributed by atoms with Crippen molar-refractivity contribution in [2.75, 3.05) is 13.1 Å². The van der Waals surface area contributed by atoms with Crippen molar-refractivity contribution in [1.29, 1.82) is 0 Å². The van der Waals surface area contributed by atoms with E-state index in [-0.39, 0.29) is 0 Å². The molecule has 0 saturated heterocycles. The first-order valence-electron chi connectivity index (χ1n) is 8.61. The maximum Gasteiger partial charge on any atom is 0.0657 e. The molecule has 20 heavy (non-hydrogen) atoms. The largest absolute Gasteiger partial charge is 0.317 e. The minimum absolute atomic E-state index is 0.664. The van der Waals surface area contributed by atoms with Crippen molar-refractivity contribution in [2.24, 2.45) is 0 Å². The van der Waals surface area contributed by atoms with Crippen LogP contribution in [-0.2, 0) is 19.3 Å². The molecule has 1 fully saturated rings. The fraction of sp³-hybridized carbons (Fsp3) is 0.824. The van der Waals surface area contributed by atoms with Gasteiger partial charge in [0.15, 0.2) is 0 Å². The van der Waals surface area contributed by atoms with Gasteiger partial charge in [0, 0.05) is 5.69 Å². The van der Waals surface area contributed by atoms with Crippen molar-refractivity contribution >= 4 is 0 Å². The Morgan fingerprint density at radius 1 is 1.10 bits per heavy atom. The molecule has 1 aromatic rings. The Labute approximate surface area is 124 Å². The van der Waals surface area contributed by atoms with Gasteiger partial charge in [0.1, 0.15) is 0 Å². The van der Waals surface area contributed by atoms with Crippen LogP contribution in [0, 0.1) is 0 Å². The van der Waals surface area contributed by atoms with Gasteiger partial charge >= 0.3 is 0 Å². The molecule has 0 radical (unpaired) electrons. The zero-order valence-electron chi connectivity index (χ0n) is 13.5. The highest BCUT2D eigenvalue weighted by Crippen LogP contribution is 2.31. The van der Waals surface area contributed by atoms with Crippen molar-refractivity contribution in [2.45, 2.75) is 78.2 Å². The minimum atomic E-state index is 0.664. The normalized spacial score (nSPS) is 16.8. The summed E-state index contributed by atoms with van der Waals surface area (Å²) in [6.07, 6.45) is 10.1. The highest BCUT2D eigenvalue weighted by Gasteiger charge is 2.22. The summed E-state index contributed by atoms with van der Waals surface area (Å²) in [5.41, 5.74) is 4.37. The number of rotatable bonds is 7. The number of nitrogens with zero attached hydrogens (tertiary/aromatic N) is 2. The molecule has 0 spiro atoms. The lowest BCUT2D eigenvalue weighted by atomic mass is 9.95. The maximum absolute atomic E-state index is 4.99. The van der Waals surface area contributed by atoms with Crippen LogP contribution in [0.5, 0.6) is 0 Å². The van der Waals surface area contributed by atoms with Gasteiger partial charge in [-0.2, -0.15) is 5.10 Å². The van der Waals surface area contributed by atoms with E-state index in [1.807, 2.05) is 0 Å². The quantitative estimate of drug-likeness (QED) is 0.771. The molecule has 1 aliphatic rings. The number of aryl methyl sites for hydroxylation is 1. The predicted octanol–water partition coefficient (Wildman–Crippen LogP) is 3.67. The molecule has 1 aliphatic carbocycles. The first-order chi connectivity index (χ1) is 9.81. The van der Waals surface area contributed by atoms with Gasteiger partial charge in [0.05, 0.1) is 11.7 Å². The van der Waals surface area contributed by atoms with Gasteiger partial charge in [-0.05, 0) is 50.8 Å². The van der Waals surface area contributed by atoms with E-state index in [9.17, 15) is 0 Å². The third-order valence-electron chi connectivity index (χ3n) is 4.59. The Morgan fingerprint density at radius 3 is 2.45 bits per heavy atom. The molecule has 3 heteroatoms. The lowest BCUT2D eigenvalue weighted by molar-refractivity contribution is 0.321. The topological polar surface area (TPSA) is 29.9 Å². The highest BCUT2D eigenvalue weighted by molar-refractivity contribution is 5.28. The Balaban J connectivity index is 2.22. The Hall–Kier alpha value is -0.830. The summed E-state index contributed by atoms with van der Waals surface area (Å²) in [6, 6.07) is 0.664. The van der Waals surface area contributed by atoms with Crippen LogP contribution in [0.1, 0.15) is 75.9 Å². The van der Waals surface area contributed by atoms with E-state index in [1.54, 1.807) is 0 Å². The molecule has 114 valence electrons. The van der Waals surface area contributed by atoms with Gasteiger partial charge in [-0.3, -0.25) is 4.68 Å². The average molecular weight is 277 g/mol. The summed E-state index contributed by atoms with van der Waals surface area (Å²) in [5.74, 6) is 0. The summed E-state index contributed by atoms with van der Waals surface area (Å²) < 4.78 is 2.40. The van der Waals surface area contributed by atoms with Crippen molar-refractivity contribution in [3.05, 3.63) is 17.0 Å². The molecular weight excluding hydrogens is 246 g/mol. The lowest BCUT2D eigenvalue weighted by Crippen LogP contribution is -2.18. The van der Waals surface area contributed by atoms with Gasteiger partial charge in [-0.25, -0.2) is 0 Å². The van der Waals surface area contributed by atoms with E-state index in [1.165, 1.54) is 49.1 Å². The first-order valence-corrected chi connectivity index (χ1v) is 8.61. The molecule has 3 nitrogen and oxygen atoms in total. The van der Waals surface area contributed by atoms with Crippen LogP contribution < -0.4 is 5.32 Å². The smallest absolute Gasteiger partial charge is 0.0657 e. The van der Waals surface area contributed by atoms with E-state index in [2.05, 4.69) is 30.8 Å². The zero-order valence-corrected chi connectivity index (χ0v) is 13.5. The van der Waals surface area contributed by atoms with Crippen LogP contribution >= 0.6 is 0 Å². The van der Waals surface area contributed by atoms with Gasteiger partial charge in [0.25, 0.3) is 0 Å². The second kappa shape index (κ2) is 7.82. The molecule has 0 aliphatic heterocycles. The standard InChI is InChI=1S/C17H31N3/c1-4-16-15(12-13-18-6-3)17(5-2)20(19-16)14-10-8-7-9-11-14/h14,18H,4-13H2,1-3H3. The SMILES string of the molecule is CCNCCc1c(CC)nn(C2CCCCC2)c1CC. The molecule has 0 bridgehead atoms. The van der Waals surface area contributed by atoms with E-state index < -0.39 is 0 Å². The lowest BCUT2D eigenvalue weighted by Gasteiger charge is -2.24. The molecule has 1 N–H and O–H groups in total. The van der Waals surface area contributed by atoms with Crippen LogP contribution in [0.3, 0.4) is 0 Å². The van der Waals surface area contributed by atoms with E-state index in [4.69, 9.17) is 5.10 Å². The van der Waals surface area contributed by atoms with Crippen LogP contribution in [0.15, 0.2) is 0 Å². The molecule has 0 atom stereocenters. The minimum Gasteiger partial charge on any atom is -0.317 e. The molecule has 0 amide bonds. The third kappa shape index (κ3) is 3.43. The van der Waals surface area contributed by atoms with Gasteiger partial charge in [-0.15, -0.1) is 0 Å².